The summed E-state index contributed by atoms with van der Waals surface area (Å²) in [6.45, 7) is 5.43. The van der Waals surface area contributed by atoms with Crippen molar-refractivity contribution >= 4 is 22.9 Å². The predicted octanol–water partition coefficient (Wildman–Crippen LogP) is 3.65. The minimum absolute atomic E-state index is 0.00515. The van der Waals surface area contributed by atoms with Gasteiger partial charge in [-0.05, 0) is 43.0 Å². The van der Waals surface area contributed by atoms with Crippen molar-refractivity contribution in [2.45, 2.75) is 65.1 Å². The molecular formula is C27H31N3O4. The molecule has 3 aromatic rings. The first-order valence-corrected chi connectivity index (χ1v) is 12.0. The quantitative estimate of drug-likeness (QED) is 0.479. The minimum Gasteiger partial charge on any atom is -0.453 e. The SMILES string of the molecule is CCCCn1c(=O)c(CCC(=O)OC(C)C(=O)N2CCc3ccccc3C2)nc2ccccc21. The number of nitrogens with zero attached hydrogens (tertiary/aromatic N) is 3. The second-order valence-electron chi connectivity index (χ2n) is 8.77. The van der Waals surface area contributed by atoms with Gasteiger partial charge in [0.05, 0.1) is 17.5 Å². The van der Waals surface area contributed by atoms with Crippen LogP contribution in [-0.2, 0) is 40.3 Å². The van der Waals surface area contributed by atoms with E-state index in [-0.39, 0.29) is 24.3 Å². The van der Waals surface area contributed by atoms with Crippen molar-refractivity contribution in [2.24, 2.45) is 0 Å². The van der Waals surface area contributed by atoms with E-state index < -0.39 is 12.1 Å². The molecule has 0 spiro atoms. The van der Waals surface area contributed by atoms with Gasteiger partial charge in [0.15, 0.2) is 6.10 Å². The highest BCUT2D eigenvalue weighted by atomic mass is 16.5. The molecule has 178 valence electrons. The smallest absolute Gasteiger partial charge is 0.306 e. The van der Waals surface area contributed by atoms with Crippen LogP contribution in [0.5, 0.6) is 0 Å². The van der Waals surface area contributed by atoms with E-state index in [2.05, 4.69) is 18.0 Å². The molecule has 0 saturated carbocycles. The van der Waals surface area contributed by atoms with Crippen LogP contribution in [0, 0.1) is 0 Å². The Morgan fingerprint density at radius 1 is 1.09 bits per heavy atom. The maximum atomic E-state index is 13.0. The molecule has 1 amide bonds. The van der Waals surface area contributed by atoms with Crippen molar-refractivity contribution in [3.63, 3.8) is 0 Å². The fourth-order valence-corrected chi connectivity index (χ4v) is 4.41. The lowest BCUT2D eigenvalue weighted by Gasteiger charge is -2.30. The van der Waals surface area contributed by atoms with Crippen molar-refractivity contribution < 1.29 is 14.3 Å². The first kappa shape index (κ1) is 23.7. The number of amides is 1. The number of fused-ring (bicyclic) bond motifs is 2. The summed E-state index contributed by atoms with van der Waals surface area (Å²) >= 11 is 0. The molecule has 0 radical (unpaired) electrons. The van der Waals surface area contributed by atoms with E-state index in [9.17, 15) is 14.4 Å². The fourth-order valence-electron chi connectivity index (χ4n) is 4.41. The molecule has 1 aromatic heterocycles. The zero-order valence-electron chi connectivity index (χ0n) is 19.8. The maximum absolute atomic E-state index is 13.0. The predicted molar refractivity (Wildman–Crippen MR) is 130 cm³/mol. The Labute approximate surface area is 199 Å². The van der Waals surface area contributed by atoms with E-state index in [0.717, 1.165) is 35.9 Å². The molecule has 1 aliphatic rings. The Balaban J connectivity index is 1.39. The summed E-state index contributed by atoms with van der Waals surface area (Å²) in [7, 11) is 0. The van der Waals surface area contributed by atoms with E-state index >= 15 is 0 Å². The summed E-state index contributed by atoms with van der Waals surface area (Å²) in [6, 6.07) is 15.6. The summed E-state index contributed by atoms with van der Waals surface area (Å²) in [5, 5.41) is 0. The largest absolute Gasteiger partial charge is 0.453 e. The van der Waals surface area contributed by atoms with Crippen LogP contribution >= 0.6 is 0 Å². The number of rotatable bonds is 8. The van der Waals surface area contributed by atoms with Gasteiger partial charge in [0.2, 0.25) is 0 Å². The van der Waals surface area contributed by atoms with Gasteiger partial charge in [0, 0.05) is 26.1 Å². The van der Waals surface area contributed by atoms with Crippen LogP contribution in [0.25, 0.3) is 11.0 Å². The lowest BCUT2D eigenvalue weighted by atomic mass is 9.99. The highest BCUT2D eigenvalue weighted by molar-refractivity contribution is 5.83. The van der Waals surface area contributed by atoms with Crippen molar-refractivity contribution in [1.29, 1.82) is 0 Å². The number of ether oxygens (including phenoxy) is 1. The Morgan fingerprint density at radius 2 is 1.82 bits per heavy atom. The molecule has 34 heavy (non-hydrogen) atoms. The number of benzene rings is 2. The zero-order chi connectivity index (χ0) is 24.1. The lowest BCUT2D eigenvalue weighted by molar-refractivity contribution is -0.159. The highest BCUT2D eigenvalue weighted by Crippen LogP contribution is 2.19. The van der Waals surface area contributed by atoms with Gasteiger partial charge >= 0.3 is 5.97 Å². The van der Waals surface area contributed by atoms with E-state index in [4.69, 9.17) is 4.74 Å². The van der Waals surface area contributed by atoms with Crippen molar-refractivity contribution in [3.8, 4) is 0 Å². The van der Waals surface area contributed by atoms with E-state index in [0.29, 0.717) is 25.3 Å². The van der Waals surface area contributed by atoms with Crippen LogP contribution in [0.2, 0.25) is 0 Å². The molecule has 0 bridgehead atoms. The Hall–Kier alpha value is -3.48. The van der Waals surface area contributed by atoms with Crippen LogP contribution in [0.1, 0.15) is 49.9 Å². The third-order valence-electron chi connectivity index (χ3n) is 6.32. The standard InChI is InChI=1S/C27H31N3O4/c1-3-4-16-30-24-12-8-7-11-22(24)28-23(27(30)33)13-14-25(31)34-19(2)26(32)29-17-15-20-9-5-6-10-21(20)18-29/h5-12,19H,3-4,13-18H2,1-2H3. The molecule has 1 atom stereocenters. The lowest BCUT2D eigenvalue weighted by Crippen LogP contribution is -2.42. The van der Waals surface area contributed by atoms with Crippen LogP contribution in [0.4, 0.5) is 0 Å². The number of unbranched alkanes of at least 4 members (excludes halogenated alkanes) is 1. The summed E-state index contributed by atoms with van der Waals surface area (Å²) in [6.07, 6.45) is 1.94. The molecule has 0 saturated heterocycles. The first-order valence-electron chi connectivity index (χ1n) is 12.0. The average molecular weight is 462 g/mol. The van der Waals surface area contributed by atoms with Gasteiger partial charge in [-0.15, -0.1) is 0 Å². The van der Waals surface area contributed by atoms with Gasteiger partial charge in [0.1, 0.15) is 5.69 Å². The van der Waals surface area contributed by atoms with E-state index in [1.807, 2.05) is 42.5 Å². The van der Waals surface area contributed by atoms with Gasteiger partial charge in [-0.1, -0.05) is 49.7 Å². The van der Waals surface area contributed by atoms with Crippen molar-refractivity contribution in [1.82, 2.24) is 14.5 Å². The average Bonchev–Trinajstić information content (AvgIpc) is 2.86. The molecule has 2 heterocycles. The Kier molecular flexibility index (Phi) is 7.40. The molecule has 7 heteroatoms. The second kappa shape index (κ2) is 10.6. The van der Waals surface area contributed by atoms with Crippen LogP contribution in [-0.4, -0.2) is 39.0 Å². The molecule has 0 N–H and O–H groups in total. The van der Waals surface area contributed by atoms with E-state index in [1.165, 1.54) is 5.56 Å². The van der Waals surface area contributed by atoms with Gasteiger partial charge in [-0.25, -0.2) is 4.98 Å². The Morgan fingerprint density at radius 3 is 2.62 bits per heavy atom. The minimum atomic E-state index is -0.872. The third-order valence-corrected chi connectivity index (χ3v) is 6.32. The first-order chi connectivity index (χ1) is 16.5. The summed E-state index contributed by atoms with van der Waals surface area (Å²) in [5.74, 6) is -0.707. The number of aryl methyl sites for hydroxylation is 2. The molecular weight excluding hydrogens is 430 g/mol. The molecule has 0 aliphatic carbocycles. The molecule has 0 fully saturated rings. The number of esters is 1. The van der Waals surface area contributed by atoms with Crippen molar-refractivity contribution in [3.05, 3.63) is 75.7 Å². The number of para-hydroxylation sites is 2. The number of carbonyl (C=O) groups excluding carboxylic acids is 2. The van der Waals surface area contributed by atoms with Gasteiger partial charge in [-0.2, -0.15) is 0 Å². The Bertz CT molecular complexity index is 1250. The van der Waals surface area contributed by atoms with Crippen LogP contribution in [0.15, 0.2) is 53.3 Å². The van der Waals surface area contributed by atoms with Gasteiger partial charge in [0.25, 0.3) is 11.5 Å². The highest BCUT2D eigenvalue weighted by Gasteiger charge is 2.27. The van der Waals surface area contributed by atoms with Crippen LogP contribution in [0.3, 0.4) is 0 Å². The number of carbonyl (C=O) groups is 2. The second-order valence-corrected chi connectivity index (χ2v) is 8.77. The van der Waals surface area contributed by atoms with Crippen LogP contribution < -0.4 is 5.56 Å². The summed E-state index contributed by atoms with van der Waals surface area (Å²) in [5.41, 5.74) is 4.09. The zero-order valence-corrected chi connectivity index (χ0v) is 19.8. The summed E-state index contributed by atoms with van der Waals surface area (Å²) in [4.78, 5) is 44.6. The molecule has 7 nitrogen and oxygen atoms in total. The molecule has 4 rings (SSSR count). The van der Waals surface area contributed by atoms with Gasteiger partial charge < -0.3 is 14.2 Å². The summed E-state index contributed by atoms with van der Waals surface area (Å²) < 4.78 is 7.17. The number of hydrogen-bond donors (Lipinski definition) is 0. The molecule has 1 unspecified atom stereocenters. The normalized spacial score (nSPS) is 14.0. The third kappa shape index (κ3) is 5.19. The van der Waals surface area contributed by atoms with Crippen molar-refractivity contribution in [2.75, 3.05) is 6.54 Å². The molecule has 1 aliphatic heterocycles. The number of hydrogen-bond acceptors (Lipinski definition) is 5. The monoisotopic (exact) mass is 461 g/mol. The topological polar surface area (TPSA) is 81.5 Å². The van der Waals surface area contributed by atoms with E-state index in [1.54, 1.807) is 16.4 Å². The maximum Gasteiger partial charge on any atom is 0.306 e. The molecule has 2 aromatic carbocycles. The fraction of sp³-hybridized carbons (Fsp3) is 0.407. The number of aromatic nitrogens is 2. The van der Waals surface area contributed by atoms with Gasteiger partial charge in [-0.3, -0.25) is 14.4 Å².